The second kappa shape index (κ2) is 3.71. The summed E-state index contributed by atoms with van der Waals surface area (Å²) in [6.07, 6.45) is 5.91. The van der Waals surface area contributed by atoms with Crippen LogP contribution in [0.25, 0.3) is 0 Å². The van der Waals surface area contributed by atoms with Crippen LogP contribution in [-0.4, -0.2) is 24.8 Å². The van der Waals surface area contributed by atoms with Gasteiger partial charge in [-0.15, -0.1) is 0 Å². The van der Waals surface area contributed by atoms with Crippen molar-refractivity contribution in [3.05, 3.63) is 0 Å². The standard InChI is InChI=1S/C14H25NO/c1-9-7-10(8-9)15-12-11-5-4-6-16-13(11)14(12,2)3/h9-13,15H,4-8H2,1-3H3. The van der Waals surface area contributed by atoms with E-state index in [0.717, 1.165) is 24.5 Å². The van der Waals surface area contributed by atoms with Gasteiger partial charge >= 0.3 is 0 Å². The molecule has 0 amide bonds. The molecule has 0 bridgehead atoms. The molecule has 0 radical (unpaired) electrons. The Bertz CT molecular complexity index is 270. The Morgan fingerprint density at radius 3 is 2.69 bits per heavy atom. The summed E-state index contributed by atoms with van der Waals surface area (Å²) in [4.78, 5) is 0. The molecule has 0 aromatic heterocycles. The monoisotopic (exact) mass is 223 g/mol. The van der Waals surface area contributed by atoms with Gasteiger partial charge in [-0.25, -0.2) is 0 Å². The first-order chi connectivity index (χ1) is 7.59. The van der Waals surface area contributed by atoms with E-state index in [-0.39, 0.29) is 0 Å². The molecule has 3 unspecified atom stereocenters. The summed E-state index contributed by atoms with van der Waals surface area (Å²) < 4.78 is 5.94. The number of fused-ring (bicyclic) bond motifs is 1. The molecular formula is C14H25NO. The molecule has 0 aromatic rings. The number of hydrogen-bond acceptors (Lipinski definition) is 2. The highest BCUT2D eigenvalue weighted by Gasteiger charge is 2.58. The molecule has 2 aliphatic carbocycles. The zero-order chi connectivity index (χ0) is 11.3. The lowest BCUT2D eigenvalue weighted by molar-refractivity contribution is -0.196. The fraction of sp³-hybridized carbons (Fsp3) is 1.00. The Labute approximate surface area is 99.1 Å². The highest BCUT2D eigenvalue weighted by molar-refractivity contribution is 5.11. The van der Waals surface area contributed by atoms with Crippen LogP contribution in [0.5, 0.6) is 0 Å². The fourth-order valence-electron chi connectivity index (χ4n) is 4.15. The van der Waals surface area contributed by atoms with E-state index in [0.29, 0.717) is 17.6 Å². The molecule has 2 nitrogen and oxygen atoms in total. The molecule has 0 spiro atoms. The van der Waals surface area contributed by atoms with E-state index < -0.39 is 0 Å². The molecule has 16 heavy (non-hydrogen) atoms. The lowest BCUT2D eigenvalue weighted by atomic mass is 9.54. The molecule has 1 aliphatic heterocycles. The van der Waals surface area contributed by atoms with Crippen LogP contribution in [0, 0.1) is 17.3 Å². The van der Waals surface area contributed by atoms with Gasteiger partial charge in [-0.3, -0.25) is 0 Å². The number of ether oxygens (including phenoxy) is 1. The number of hydrogen-bond donors (Lipinski definition) is 1. The number of nitrogens with one attached hydrogen (secondary N) is 1. The first kappa shape index (κ1) is 11.0. The van der Waals surface area contributed by atoms with E-state index >= 15 is 0 Å². The van der Waals surface area contributed by atoms with Crippen LogP contribution in [0.15, 0.2) is 0 Å². The minimum Gasteiger partial charge on any atom is -0.377 e. The Hall–Kier alpha value is -0.0800. The maximum absolute atomic E-state index is 5.94. The topological polar surface area (TPSA) is 21.3 Å². The van der Waals surface area contributed by atoms with E-state index in [4.69, 9.17) is 4.74 Å². The summed E-state index contributed by atoms with van der Waals surface area (Å²) in [6.45, 7) is 8.09. The molecule has 2 saturated carbocycles. The number of rotatable bonds is 2. The molecule has 0 aromatic carbocycles. The van der Waals surface area contributed by atoms with Crippen molar-refractivity contribution in [3.63, 3.8) is 0 Å². The average molecular weight is 223 g/mol. The van der Waals surface area contributed by atoms with Gasteiger partial charge in [0.1, 0.15) is 0 Å². The van der Waals surface area contributed by atoms with Gasteiger partial charge in [0.15, 0.2) is 0 Å². The highest BCUT2D eigenvalue weighted by atomic mass is 16.5. The predicted octanol–water partition coefficient (Wildman–Crippen LogP) is 2.58. The van der Waals surface area contributed by atoms with Gasteiger partial charge in [-0.05, 0) is 31.6 Å². The van der Waals surface area contributed by atoms with Gasteiger partial charge in [-0.2, -0.15) is 0 Å². The van der Waals surface area contributed by atoms with Gasteiger partial charge in [-0.1, -0.05) is 20.8 Å². The molecule has 1 N–H and O–H groups in total. The molecule has 1 heterocycles. The Balaban J connectivity index is 1.61. The summed E-state index contributed by atoms with van der Waals surface area (Å²) in [6, 6.07) is 1.50. The summed E-state index contributed by atoms with van der Waals surface area (Å²) in [5.41, 5.74) is 0.351. The molecule has 1 saturated heterocycles. The average Bonchev–Trinajstić information content (AvgIpc) is 2.22. The molecule has 3 rings (SSSR count). The van der Waals surface area contributed by atoms with E-state index in [2.05, 4.69) is 26.1 Å². The van der Waals surface area contributed by atoms with Crippen molar-refractivity contribution in [2.24, 2.45) is 17.3 Å². The molecule has 2 heteroatoms. The van der Waals surface area contributed by atoms with E-state index in [9.17, 15) is 0 Å². The van der Waals surface area contributed by atoms with Crippen molar-refractivity contribution in [1.29, 1.82) is 0 Å². The maximum atomic E-state index is 5.94. The Kier molecular flexibility index (Phi) is 2.56. The first-order valence-corrected chi connectivity index (χ1v) is 6.96. The van der Waals surface area contributed by atoms with Crippen LogP contribution >= 0.6 is 0 Å². The zero-order valence-electron chi connectivity index (χ0n) is 10.8. The summed E-state index contributed by atoms with van der Waals surface area (Å²) in [5, 5.41) is 3.89. The molecule has 3 atom stereocenters. The summed E-state index contributed by atoms with van der Waals surface area (Å²) in [7, 11) is 0. The fourth-order valence-corrected chi connectivity index (χ4v) is 4.15. The maximum Gasteiger partial charge on any atom is 0.0684 e. The molecular weight excluding hydrogens is 198 g/mol. The lowest BCUT2D eigenvalue weighted by Gasteiger charge is -2.61. The molecule has 3 fully saturated rings. The third-order valence-electron chi connectivity index (χ3n) is 5.12. The lowest BCUT2D eigenvalue weighted by Crippen LogP contribution is -2.71. The van der Waals surface area contributed by atoms with Crippen molar-refractivity contribution in [3.8, 4) is 0 Å². The largest absolute Gasteiger partial charge is 0.377 e. The minimum atomic E-state index is 0.351. The van der Waals surface area contributed by atoms with Crippen molar-refractivity contribution >= 4 is 0 Å². The predicted molar refractivity (Wildman–Crippen MR) is 65.4 cm³/mol. The van der Waals surface area contributed by atoms with Crippen LogP contribution in [0.3, 0.4) is 0 Å². The quantitative estimate of drug-likeness (QED) is 0.777. The normalized spacial score (nSPS) is 50.1. The van der Waals surface area contributed by atoms with Gasteiger partial charge in [0, 0.05) is 30.0 Å². The SMILES string of the molecule is CC1CC(NC2C3CCCOC3C2(C)C)C1. The van der Waals surface area contributed by atoms with E-state index in [1.165, 1.54) is 25.7 Å². The van der Waals surface area contributed by atoms with Gasteiger partial charge in [0.2, 0.25) is 0 Å². The molecule has 92 valence electrons. The first-order valence-electron chi connectivity index (χ1n) is 6.96. The molecule has 3 aliphatic rings. The van der Waals surface area contributed by atoms with Crippen LogP contribution in [0.1, 0.15) is 46.5 Å². The second-order valence-corrected chi connectivity index (χ2v) is 6.84. The van der Waals surface area contributed by atoms with E-state index in [1.54, 1.807) is 0 Å². The smallest absolute Gasteiger partial charge is 0.0684 e. The summed E-state index contributed by atoms with van der Waals surface area (Å²) >= 11 is 0. The van der Waals surface area contributed by atoms with Crippen LogP contribution in [0.2, 0.25) is 0 Å². The van der Waals surface area contributed by atoms with Crippen LogP contribution in [0.4, 0.5) is 0 Å². The minimum absolute atomic E-state index is 0.351. The third-order valence-corrected chi connectivity index (χ3v) is 5.12. The third kappa shape index (κ3) is 1.53. The van der Waals surface area contributed by atoms with Gasteiger partial charge in [0.25, 0.3) is 0 Å². The van der Waals surface area contributed by atoms with Gasteiger partial charge in [0.05, 0.1) is 6.10 Å². The van der Waals surface area contributed by atoms with Crippen molar-refractivity contribution in [2.45, 2.75) is 64.6 Å². The van der Waals surface area contributed by atoms with Crippen molar-refractivity contribution < 1.29 is 4.74 Å². The van der Waals surface area contributed by atoms with Gasteiger partial charge < -0.3 is 10.1 Å². The Morgan fingerprint density at radius 2 is 2.00 bits per heavy atom. The highest BCUT2D eigenvalue weighted by Crippen LogP contribution is 2.52. The Morgan fingerprint density at radius 1 is 1.25 bits per heavy atom. The summed E-state index contributed by atoms with van der Waals surface area (Å²) in [5.74, 6) is 1.73. The van der Waals surface area contributed by atoms with Crippen LogP contribution < -0.4 is 5.32 Å². The second-order valence-electron chi connectivity index (χ2n) is 6.84. The van der Waals surface area contributed by atoms with Crippen molar-refractivity contribution in [1.82, 2.24) is 5.32 Å². The van der Waals surface area contributed by atoms with E-state index in [1.807, 2.05) is 0 Å². The van der Waals surface area contributed by atoms with Crippen LogP contribution in [-0.2, 0) is 4.74 Å². The van der Waals surface area contributed by atoms with Crippen molar-refractivity contribution in [2.75, 3.05) is 6.61 Å². The zero-order valence-corrected chi connectivity index (χ0v) is 10.8.